The van der Waals surface area contributed by atoms with Gasteiger partial charge in [-0.25, -0.2) is 0 Å². The molecule has 0 spiro atoms. The van der Waals surface area contributed by atoms with Crippen LogP contribution in [0.15, 0.2) is 34.9 Å². The van der Waals surface area contributed by atoms with Crippen LogP contribution in [0.2, 0.25) is 0 Å². The minimum absolute atomic E-state index is 0.0981. The third-order valence-corrected chi connectivity index (χ3v) is 1.89. The van der Waals surface area contributed by atoms with E-state index >= 15 is 0 Å². The summed E-state index contributed by atoms with van der Waals surface area (Å²) in [7, 11) is 0. The molecule has 0 atom stereocenters. The van der Waals surface area contributed by atoms with Gasteiger partial charge in [0.15, 0.2) is 5.78 Å². The Morgan fingerprint density at radius 1 is 1.00 bits per heavy atom. The normalized spacial score (nSPS) is 10.1. The summed E-state index contributed by atoms with van der Waals surface area (Å²) in [6, 6.07) is 0. The Bertz CT molecular complexity index is 282. The van der Waals surface area contributed by atoms with E-state index in [1.807, 2.05) is 6.08 Å². The van der Waals surface area contributed by atoms with Gasteiger partial charge in [-0.2, -0.15) is 0 Å². The Morgan fingerprint density at radius 2 is 1.57 bits per heavy atom. The lowest BCUT2D eigenvalue weighted by Gasteiger charge is -2.01. The molecule has 0 aliphatic carbocycles. The summed E-state index contributed by atoms with van der Waals surface area (Å²) in [5, 5.41) is 0. The summed E-state index contributed by atoms with van der Waals surface area (Å²) >= 11 is 0. The van der Waals surface area contributed by atoms with Gasteiger partial charge in [-0.05, 0) is 52.7 Å². The van der Waals surface area contributed by atoms with Crippen LogP contribution in [0.3, 0.4) is 0 Å². The van der Waals surface area contributed by atoms with Gasteiger partial charge in [0, 0.05) is 0 Å². The topological polar surface area (TPSA) is 17.1 Å². The molecule has 1 nitrogen and oxygen atoms in total. The highest BCUT2D eigenvalue weighted by atomic mass is 16.1. The third-order valence-electron chi connectivity index (χ3n) is 1.89. The minimum Gasteiger partial charge on any atom is -0.295 e. The van der Waals surface area contributed by atoms with E-state index in [4.69, 9.17) is 0 Å². The summed E-state index contributed by atoms with van der Waals surface area (Å²) < 4.78 is 0. The van der Waals surface area contributed by atoms with Crippen LogP contribution in [0.5, 0.6) is 0 Å². The van der Waals surface area contributed by atoms with Gasteiger partial charge in [0.05, 0.1) is 0 Å². The average Bonchev–Trinajstić information content (AvgIpc) is 2.02. The molecule has 0 heterocycles. The smallest absolute Gasteiger partial charge is 0.152 e. The van der Waals surface area contributed by atoms with E-state index in [-0.39, 0.29) is 5.78 Å². The number of hydrogen-bond acceptors (Lipinski definition) is 1. The first-order chi connectivity index (χ1) is 6.43. The standard InChI is InChI=1S/C13H20O/c1-10(2)6-8-13(11(3)4)9-7-12(5)14/h6-7,9H,8H2,1-5H3/b9-7+. The van der Waals surface area contributed by atoms with Crippen molar-refractivity contribution in [2.45, 2.75) is 41.0 Å². The second-order valence-electron chi connectivity index (χ2n) is 3.95. The first kappa shape index (κ1) is 12.9. The molecule has 0 bridgehead atoms. The molecule has 0 saturated carbocycles. The van der Waals surface area contributed by atoms with Crippen molar-refractivity contribution >= 4 is 5.78 Å². The van der Waals surface area contributed by atoms with Crippen LogP contribution < -0.4 is 0 Å². The Labute approximate surface area is 87.2 Å². The van der Waals surface area contributed by atoms with Crippen LogP contribution in [0.25, 0.3) is 0 Å². The van der Waals surface area contributed by atoms with E-state index in [0.29, 0.717) is 0 Å². The predicted molar refractivity (Wildman–Crippen MR) is 62.2 cm³/mol. The molecule has 78 valence electrons. The highest BCUT2D eigenvalue weighted by Gasteiger charge is 1.94. The van der Waals surface area contributed by atoms with Crippen LogP contribution in [0.4, 0.5) is 0 Å². The molecule has 0 saturated heterocycles. The maximum absolute atomic E-state index is 10.8. The van der Waals surface area contributed by atoms with E-state index in [1.54, 1.807) is 13.0 Å². The van der Waals surface area contributed by atoms with Crippen LogP contribution in [-0.2, 0) is 4.79 Å². The van der Waals surface area contributed by atoms with Gasteiger partial charge in [-0.15, -0.1) is 0 Å². The number of rotatable bonds is 4. The van der Waals surface area contributed by atoms with Gasteiger partial charge in [0.1, 0.15) is 0 Å². The van der Waals surface area contributed by atoms with Crippen molar-refractivity contribution in [2.24, 2.45) is 0 Å². The maximum atomic E-state index is 10.8. The Morgan fingerprint density at radius 3 is 1.93 bits per heavy atom. The fourth-order valence-electron chi connectivity index (χ4n) is 0.971. The third kappa shape index (κ3) is 6.41. The molecule has 0 N–H and O–H groups in total. The molecule has 1 heteroatoms. The minimum atomic E-state index is 0.0981. The number of carbonyl (C=O) groups is 1. The SMILES string of the molecule is CC(=O)/C=C/C(CC=C(C)C)=C(C)C. The average molecular weight is 192 g/mol. The van der Waals surface area contributed by atoms with Crippen LogP contribution in [0, 0.1) is 0 Å². The lowest BCUT2D eigenvalue weighted by molar-refractivity contribution is -0.112. The zero-order chi connectivity index (χ0) is 11.1. The van der Waals surface area contributed by atoms with Crippen molar-refractivity contribution in [1.82, 2.24) is 0 Å². The summed E-state index contributed by atoms with van der Waals surface area (Å²) in [5.41, 5.74) is 3.79. The van der Waals surface area contributed by atoms with Crippen molar-refractivity contribution in [3.63, 3.8) is 0 Å². The van der Waals surface area contributed by atoms with E-state index < -0.39 is 0 Å². The number of hydrogen-bond donors (Lipinski definition) is 0. The maximum Gasteiger partial charge on any atom is 0.152 e. The van der Waals surface area contributed by atoms with Crippen molar-refractivity contribution in [1.29, 1.82) is 0 Å². The van der Waals surface area contributed by atoms with Gasteiger partial charge in [-0.3, -0.25) is 4.79 Å². The van der Waals surface area contributed by atoms with Gasteiger partial charge in [0.25, 0.3) is 0 Å². The first-order valence-corrected chi connectivity index (χ1v) is 4.92. The van der Waals surface area contributed by atoms with E-state index in [1.165, 1.54) is 16.7 Å². The molecular weight excluding hydrogens is 172 g/mol. The molecule has 0 radical (unpaired) electrons. The zero-order valence-electron chi connectivity index (χ0n) is 9.85. The van der Waals surface area contributed by atoms with Gasteiger partial charge < -0.3 is 0 Å². The molecule has 0 rings (SSSR count). The van der Waals surface area contributed by atoms with Crippen molar-refractivity contribution in [2.75, 3.05) is 0 Å². The Hall–Kier alpha value is -1.11. The summed E-state index contributed by atoms with van der Waals surface area (Å²) in [5.74, 6) is 0.0981. The van der Waals surface area contributed by atoms with E-state index in [0.717, 1.165) is 6.42 Å². The molecule has 0 aromatic carbocycles. The number of ketones is 1. The number of carbonyl (C=O) groups excluding carboxylic acids is 1. The second-order valence-corrected chi connectivity index (χ2v) is 3.95. The molecule has 0 aromatic rings. The van der Waals surface area contributed by atoms with Gasteiger partial charge in [-0.1, -0.05) is 23.3 Å². The fourth-order valence-corrected chi connectivity index (χ4v) is 0.971. The Balaban J connectivity index is 4.58. The summed E-state index contributed by atoms with van der Waals surface area (Å²) in [6.45, 7) is 9.87. The van der Waals surface area contributed by atoms with E-state index in [2.05, 4.69) is 33.8 Å². The highest BCUT2D eigenvalue weighted by molar-refractivity contribution is 5.87. The molecule has 14 heavy (non-hydrogen) atoms. The molecule has 0 aromatic heterocycles. The van der Waals surface area contributed by atoms with E-state index in [9.17, 15) is 4.79 Å². The molecule has 0 unspecified atom stereocenters. The summed E-state index contributed by atoms with van der Waals surface area (Å²) in [4.78, 5) is 10.8. The van der Waals surface area contributed by atoms with Crippen LogP contribution in [-0.4, -0.2) is 5.78 Å². The molecular formula is C13H20O. The molecule has 0 aliphatic rings. The molecule has 0 aliphatic heterocycles. The zero-order valence-corrected chi connectivity index (χ0v) is 9.85. The predicted octanol–water partition coefficient (Wildman–Crippen LogP) is 3.82. The quantitative estimate of drug-likeness (QED) is 0.376. The largest absolute Gasteiger partial charge is 0.295 e. The molecule has 0 amide bonds. The monoisotopic (exact) mass is 192 g/mol. The van der Waals surface area contributed by atoms with Gasteiger partial charge in [0.2, 0.25) is 0 Å². The summed E-state index contributed by atoms with van der Waals surface area (Å²) in [6.07, 6.45) is 6.62. The highest BCUT2D eigenvalue weighted by Crippen LogP contribution is 2.12. The van der Waals surface area contributed by atoms with Gasteiger partial charge >= 0.3 is 0 Å². The second kappa shape index (κ2) is 6.36. The van der Waals surface area contributed by atoms with Crippen LogP contribution >= 0.6 is 0 Å². The van der Waals surface area contributed by atoms with Crippen molar-refractivity contribution in [3.8, 4) is 0 Å². The van der Waals surface area contributed by atoms with Crippen molar-refractivity contribution < 1.29 is 4.79 Å². The van der Waals surface area contributed by atoms with Crippen molar-refractivity contribution in [3.05, 3.63) is 34.9 Å². The first-order valence-electron chi connectivity index (χ1n) is 4.92. The van der Waals surface area contributed by atoms with Crippen LogP contribution in [0.1, 0.15) is 41.0 Å². The lowest BCUT2D eigenvalue weighted by Crippen LogP contribution is -1.85. The molecule has 0 fully saturated rings. The Kier molecular flexibility index (Phi) is 5.86. The fraction of sp³-hybridized carbons (Fsp3) is 0.462. The number of allylic oxidation sites excluding steroid dienone is 6. The lowest BCUT2D eigenvalue weighted by atomic mass is 10.0.